The second kappa shape index (κ2) is 6.54. The first-order chi connectivity index (χ1) is 9.16. The molecule has 100 valence electrons. The lowest BCUT2D eigenvalue weighted by molar-refractivity contribution is 0.0948. The lowest BCUT2D eigenvalue weighted by atomic mass is 10.3. The Bertz CT molecular complexity index is 557. The van der Waals surface area contributed by atoms with E-state index in [0.717, 1.165) is 13.0 Å². The quantitative estimate of drug-likeness (QED) is 0.681. The summed E-state index contributed by atoms with van der Waals surface area (Å²) in [6.45, 7) is 1.26. The minimum absolute atomic E-state index is 0.147. The number of carbonyl (C=O) groups is 1. The SMILES string of the molecule is O=C(NCCCn1cccn1)c1nc(Cl)ccc1Cl. The second-order valence-electron chi connectivity index (χ2n) is 3.84. The molecule has 2 aromatic rings. The summed E-state index contributed by atoms with van der Waals surface area (Å²) in [5.41, 5.74) is 0.147. The summed E-state index contributed by atoms with van der Waals surface area (Å²) in [5.74, 6) is -0.326. The van der Waals surface area contributed by atoms with E-state index in [0.29, 0.717) is 6.54 Å². The van der Waals surface area contributed by atoms with Crippen molar-refractivity contribution in [1.29, 1.82) is 0 Å². The van der Waals surface area contributed by atoms with Crippen molar-refractivity contribution >= 4 is 29.1 Å². The number of halogens is 2. The Morgan fingerprint density at radius 3 is 2.95 bits per heavy atom. The van der Waals surface area contributed by atoms with E-state index >= 15 is 0 Å². The lowest BCUT2D eigenvalue weighted by Gasteiger charge is -2.06. The van der Waals surface area contributed by atoms with E-state index in [4.69, 9.17) is 23.2 Å². The van der Waals surface area contributed by atoms with Crippen LogP contribution in [0.1, 0.15) is 16.9 Å². The van der Waals surface area contributed by atoms with Gasteiger partial charge < -0.3 is 5.32 Å². The van der Waals surface area contributed by atoms with Gasteiger partial charge in [0, 0.05) is 25.5 Å². The Balaban J connectivity index is 1.82. The highest BCUT2D eigenvalue weighted by Crippen LogP contribution is 2.16. The molecule has 5 nitrogen and oxygen atoms in total. The number of nitrogens with one attached hydrogen (secondary N) is 1. The Hall–Kier alpha value is -1.59. The topological polar surface area (TPSA) is 59.8 Å². The fraction of sp³-hybridized carbons (Fsp3) is 0.250. The first-order valence-electron chi connectivity index (χ1n) is 5.74. The summed E-state index contributed by atoms with van der Waals surface area (Å²) in [6, 6.07) is 4.95. The molecule has 0 unspecified atom stereocenters. The van der Waals surface area contributed by atoms with Crippen LogP contribution in [0, 0.1) is 0 Å². The van der Waals surface area contributed by atoms with Crippen LogP contribution in [0.3, 0.4) is 0 Å². The maximum atomic E-state index is 11.8. The van der Waals surface area contributed by atoms with Crippen molar-refractivity contribution in [3.63, 3.8) is 0 Å². The first-order valence-corrected chi connectivity index (χ1v) is 6.50. The molecule has 0 saturated heterocycles. The van der Waals surface area contributed by atoms with Crippen molar-refractivity contribution in [3.05, 3.63) is 46.5 Å². The molecule has 0 aliphatic carbocycles. The van der Waals surface area contributed by atoms with E-state index in [1.807, 2.05) is 12.3 Å². The smallest absolute Gasteiger partial charge is 0.271 e. The third-order valence-electron chi connectivity index (χ3n) is 2.44. The molecule has 7 heteroatoms. The molecular weight excluding hydrogens is 287 g/mol. The van der Waals surface area contributed by atoms with Crippen LogP contribution in [-0.2, 0) is 6.54 Å². The highest BCUT2D eigenvalue weighted by atomic mass is 35.5. The third-order valence-corrected chi connectivity index (χ3v) is 2.95. The number of carbonyl (C=O) groups excluding carboxylic acids is 1. The zero-order valence-corrected chi connectivity index (χ0v) is 11.5. The number of nitrogens with zero attached hydrogens (tertiary/aromatic N) is 3. The number of pyridine rings is 1. The van der Waals surface area contributed by atoms with Gasteiger partial charge in [-0.25, -0.2) is 4.98 Å². The predicted octanol–water partition coefficient (Wildman–Crippen LogP) is 2.41. The van der Waals surface area contributed by atoms with Gasteiger partial charge in [-0.15, -0.1) is 0 Å². The van der Waals surface area contributed by atoms with Crippen molar-refractivity contribution in [2.24, 2.45) is 0 Å². The summed E-state index contributed by atoms with van der Waals surface area (Å²) >= 11 is 11.6. The van der Waals surface area contributed by atoms with E-state index < -0.39 is 0 Å². The molecule has 0 saturated carbocycles. The van der Waals surface area contributed by atoms with Gasteiger partial charge in [0.05, 0.1) is 5.02 Å². The van der Waals surface area contributed by atoms with Crippen molar-refractivity contribution in [2.75, 3.05) is 6.54 Å². The Labute approximate surface area is 120 Å². The molecule has 0 aliphatic heterocycles. The van der Waals surface area contributed by atoms with Crippen LogP contribution >= 0.6 is 23.2 Å². The maximum Gasteiger partial charge on any atom is 0.271 e. The van der Waals surface area contributed by atoms with Crippen LogP contribution in [0.2, 0.25) is 10.2 Å². The van der Waals surface area contributed by atoms with E-state index in [1.165, 1.54) is 0 Å². The predicted molar refractivity (Wildman–Crippen MR) is 73.4 cm³/mol. The van der Waals surface area contributed by atoms with Crippen molar-refractivity contribution < 1.29 is 4.79 Å². The number of aromatic nitrogens is 3. The van der Waals surface area contributed by atoms with Crippen molar-refractivity contribution in [1.82, 2.24) is 20.1 Å². The standard InChI is InChI=1S/C12H12Cl2N4O/c13-9-3-4-10(14)17-11(9)12(19)15-5-1-7-18-8-2-6-16-18/h2-4,6,8H,1,5,7H2,(H,15,19). The molecule has 0 atom stereocenters. The first kappa shape index (κ1) is 13.8. The van der Waals surface area contributed by atoms with Gasteiger partial charge in [0.1, 0.15) is 10.8 Å². The minimum atomic E-state index is -0.326. The van der Waals surface area contributed by atoms with Crippen molar-refractivity contribution in [3.8, 4) is 0 Å². The number of amides is 1. The van der Waals surface area contributed by atoms with E-state index in [2.05, 4.69) is 15.4 Å². The monoisotopic (exact) mass is 298 g/mol. The van der Waals surface area contributed by atoms with Gasteiger partial charge in [0.2, 0.25) is 0 Å². The molecule has 0 aliphatic rings. The van der Waals surface area contributed by atoms with Gasteiger partial charge in [-0.05, 0) is 24.6 Å². The number of hydrogen-bond acceptors (Lipinski definition) is 3. The van der Waals surface area contributed by atoms with E-state index in [-0.39, 0.29) is 21.8 Å². The molecule has 0 spiro atoms. The fourth-order valence-corrected chi connectivity index (χ4v) is 1.88. The average Bonchev–Trinajstić information content (AvgIpc) is 2.90. The zero-order chi connectivity index (χ0) is 13.7. The van der Waals surface area contributed by atoms with Crippen LogP contribution in [0.5, 0.6) is 0 Å². The van der Waals surface area contributed by atoms with Crippen molar-refractivity contribution in [2.45, 2.75) is 13.0 Å². The summed E-state index contributed by atoms with van der Waals surface area (Å²) in [5, 5.41) is 7.34. The van der Waals surface area contributed by atoms with Crippen LogP contribution in [0.25, 0.3) is 0 Å². The molecule has 2 rings (SSSR count). The minimum Gasteiger partial charge on any atom is -0.351 e. The number of aryl methyl sites for hydroxylation is 1. The zero-order valence-electron chi connectivity index (χ0n) is 10.0. The molecule has 0 fully saturated rings. The molecule has 1 N–H and O–H groups in total. The molecule has 19 heavy (non-hydrogen) atoms. The Kier molecular flexibility index (Phi) is 4.76. The molecular formula is C12H12Cl2N4O. The second-order valence-corrected chi connectivity index (χ2v) is 4.64. The number of rotatable bonds is 5. The third kappa shape index (κ3) is 3.94. The van der Waals surface area contributed by atoms with Gasteiger partial charge >= 0.3 is 0 Å². The highest BCUT2D eigenvalue weighted by Gasteiger charge is 2.12. The highest BCUT2D eigenvalue weighted by molar-refractivity contribution is 6.34. The van der Waals surface area contributed by atoms with Gasteiger partial charge in [-0.1, -0.05) is 23.2 Å². The summed E-state index contributed by atoms with van der Waals surface area (Å²) in [7, 11) is 0. The molecule has 1 amide bonds. The van der Waals surface area contributed by atoms with Crippen LogP contribution < -0.4 is 5.32 Å². The normalized spacial score (nSPS) is 10.4. The largest absolute Gasteiger partial charge is 0.351 e. The van der Waals surface area contributed by atoms with Gasteiger partial charge in [-0.2, -0.15) is 5.10 Å². The number of hydrogen-bond donors (Lipinski definition) is 1. The van der Waals surface area contributed by atoms with Crippen LogP contribution in [0.15, 0.2) is 30.6 Å². The van der Waals surface area contributed by atoms with E-state index in [9.17, 15) is 4.79 Å². The van der Waals surface area contributed by atoms with Gasteiger partial charge in [0.15, 0.2) is 0 Å². The maximum absolute atomic E-state index is 11.8. The summed E-state index contributed by atoms with van der Waals surface area (Å²) in [6.07, 6.45) is 4.36. The van der Waals surface area contributed by atoms with Crippen LogP contribution in [0.4, 0.5) is 0 Å². The molecule has 2 heterocycles. The summed E-state index contributed by atoms with van der Waals surface area (Å²) in [4.78, 5) is 15.7. The molecule has 0 bridgehead atoms. The molecule has 2 aromatic heterocycles. The van der Waals surface area contributed by atoms with Gasteiger partial charge in [-0.3, -0.25) is 9.48 Å². The summed E-state index contributed by atoms with van der Waals surface area (Å²) < 4.78 is 1.80. The van der Waals surface area contributed by atoms with Crippen LogP contribution in [-0.4, -0.2) is 27.2 Å². The molecule has 0 aromatic carbocycles. The Morgan fingerprint density at radius 1 is 1.37 bits per heavy atom. The fourth-order valence-electron chi connectivity index (χ4n) is 1.54. The average molecular weight is 299 g/mol. The van der Waals surface area contributed by atoms with E-state index in [1.54, 1.807) is 23.0 Å². The lowest BCUT2D eigenvalue weighted by Crippen LogP contribution is -2.26. The Morgan fingerprint density at radius 2 is 2.21 bits per heavy atom. The molecule has 0 radical (unpaired) electrons. The van der Waals surface area contributed by atoms with Gasteiger partial charge in [0.25, 0.3) is 5.91 Å².